The van der Waals surface area contributed by atoms with Gasteiger partial charge in [-0.15, -0.1) is 0 Å². The van der Waals surface area contributed by atoms with Crippen molar-refractivity contribution in [3.63, 3.8) is 0 Å². The Hall–Kier alpha value is -0.750. The minimum absolute atomic E-state index is 0.113. The number of hydrogen-bond acceptors (Lipinski definition) is 5. The normalized spacial score (nSPS) is 14.1. The van der Waals surface area contributed by atoms with Crippen LogP contribution in [0.15, 0.2) is 18.2 Å². The lowest BCUT2D eigenvalue weighted by Gasteiger charge is -2.19. The minimum atomic E-state index is -1.15. The number of halogens is 1. The van der Waals surface area contributed by atoms with Gasteiger partial charge in [0.25, 0.3) is 0 Å². The van der Waals surface area contributed by atoms with E-state index < -0.39 is 12.2 Å². The predicted molar refractivity (Wildman–Crippen MR) is 72.1 cm³/mol. The molecule has 0 fully saturated rings. The van der Waals surface area contributed by atoms with Crippen LogP contribution in [0.4, 0.5) is 0 Å². The zero-order valence-electron chi connectivity index (χ0n) is 10.1. The Bertz CT molecular complexity index is 425. The highest BCUT2D eigenvalue weighted by molar-refractivity contribution is 8.13. The van der Waals surface area contributed by atoms with E-state index in [1.165, 1.54) is 14.0 Å². The summed E-state index contributed by atoms with van der Waals surface area (Å²) in [5.74, 6) is 0.545. The molecule has 0 radical (unpaired) electrons. The Labute approximate surface area is 115 Å². The highest BCUT2D eigenvalue weighted by Gasteiger charge is 2.22. The summed E-state index contributed by atoms with van der Waals surface area (Å²) in [6.45, 7) is 1.41. The van der Waals surface area contributed by atoms with Gasteiger partial charge in [-0.05, 0) is 6.07 Å². The second kappa shape index (κ2) is 6.99. The molecule has 18 heavy (non-hydrogen) atoms. The molecule has 0 saturated carbocycles. The molecule has 4 nitrogen and oxygen atoms in total. The van der Waals surface area contributed by atoms with Crippen molar-refractivity contribution in [2.75, 3.05) is 12.9 Å². The monoisotopic (exact) mass is 290 g/mol. The number of thioether (sulfide) groups is 1. The van der Waals surface area contributed by atoms with Crippen LogP contribution in [0.1, 0.15) is 18.6 Å². The Balaban J connectivity index is 2.83. The van der Waals surface area contributed by atoms with Crippen molar-refractivity contribution in [3.05, 3.63) is 28.8 Å². The number of rotatable bonds is 5. The molecule has 2 unspecified atom stereocenters. The van der Waals surface area contributed by atoms with Crippen LogP contribution in [0.25, 0.3) is 0 Å². The molecule has 0 heterocycles. The van der Waals surface area contributed by atoms with Crippen LogP contribution < -0.4 is 4.74 Å². The summed E-state index contributed by atoms with van der Waals surface area (Å²) in [5, 5.41) is 19.9. The van der Waals surface area contributed by atoms with Gasteiger partial charge in [0.05, 0.1) is 18.2 Å². The molecule has 6 heteroatoms. The molecule has 0 aliphatic heterocycles. The van der Waals surface area contributed by atoms with Gasteiger partial charge in [0.15, 0.2) is 5.12 Å². The van der Waals surface area contributed by atoms with E-state index in [1.807, 2.05) is 0 Å². The van der Waals surface area contributed by atoms with Crippen LogP contribution in [0.3, 0.4) is 0 Å². The molecule has 0 aromatic heterocycles. The Morgan fingerprint density at radius 3 is 2.72 bits per heavy atom. The van der Waals surface area contributed by atoms with Gasteiger partial charge in [-0.1, -0.05) is 35.5 Å². The molecule has 1 aromatic carbocycles. The van der Waals surface area contributed by atoms with Gasteiger partial charge in [-0.2, -0.15) is 0 Å². The standard InChI is InChI=1S/C12H15ClO4S/c1-7(14)18-6-9(15)12(16)8-4-3-5-10(17-2)11(8)13/h3-5,9,12,15-16H,6H2,1-2H3. The van der Waals surface area contributed by atoms with Gasteiger partial charge in [0, 0.05) is 18.2 Å². The average molecular weight is 291 g/mol. The third kappa shape index (κ3) is 3.88. The Kier molecular flexibility index (Phi) is 5.95. The fourth-order valence-electron chi connectivity index (χ4n) is 1.41. The molecule has 0 amide bonds. The van der Waals surface area contributed by atoms with Crippen LogP contribution in [-0.2, 0) is 4.79 Å². The van der Waals surface area contributed by atoms with Gasteiger partial charge in [-0.25, -0.2) is 0 Å². The van der Waals surface area contributed by atoms with Crippen LogP contribution >= 0.6 is 23.4 Å². The first-order valence-corrected chi connectivity index (χ1v) is 6.65. The van der Waals surface area contributed by atoms with E-state index in [-0.39, 0.29) is 15.9 Å². The summed E-state index contributed by atoms with van der Waals surface area (Å²) in [6, 6.07) is 4.94. The smallest absolute Gasteiger partial charge is 0.185 e. The number of aliphatic hydroxyl groups is 2. The van der Waals surface area contributed by atoms with Crippen molar-refractivity contribution in [1.29, 1.82) is 0 Å². The second-order valence-electron chi connectivity index (χ2n) is 3.68. The van der Waals surface area contributed by atoms with E-state index in [0.717, 1.165) is 11.8 Å². The molecule has 0 saturated heterocycles. The molecule has 0 bridgehead atoms. The molecule has 1 rings (SSSR count). The maximum absolute atomic E-state index is 10.8. The number of ether oxygens (including phenoxy) is 1. The molecule has 0 aliphatic carbocycles. The van der Waals surface area contributed by atoms with Gasteiger partial charge >= 0.3 is 0 Å². The Morgan fingerprint density at radius 2 is 2.17 bits per heavy atom. The van der Waals surface area contributed by atoms with Crippen LogP contribution in [0.5, 0.6) is 5.75 Å². The third-order valence-electron chi connectivity index (χ3n) is 2.35. The first kappa shape index (κ1) is 15.3. The largest absolute Gasteiger partial charge is 0.495 e. The van der Waals surface area contributed by atoms with E-state index in [9.17, 15) is 15.0 Å². The second-order valence-corrected chi connectivity index (χ2v) is 5.25. The van der Waals surface area contributed by atoms with Crippen molar-refractivity contribution < 1.29 is 19.7 Å². The van der Waals surface area contributed by atoms with Crippen LogP contribution in [0.2, 0.25) is 5.02 Å². The molecule has 2 N–H and O–H groups in total. The molecule has 100 valence electrons. The first-order chi connectivity index (χ1) is 8.47. The fraction of sp³-hybridized carbons (Fsp3) is 0.417. The summed E-state index contributed by atoms with van der Waals surface area (Å²) >= 11 is 7.00. The quantitative estimate of drug-likeness (QED) is 0.868. The highest BCUT2D eigenvalue weighted by Crippen LogP contribution is 2.33. The van der Waals surface area contributed by atoms with Crippen molar-refractivity contribution in [3.8, 4) is 5.75 Å². The lowest BCUT2D eigenvalue weighted by Crippen LogP contribution is -2.21. The number of methoxy groups -OCH3 is 1. The summed E-state index contributed by atoms with van der Waals surface area (Å²) in [4.78, 5) is 10.8. The SMILES string of the molecule is COc1cccc(C(O)C(O)CSC(C)=O)c1Cl. The zero-order chi connectivity index (χ0) is 13.7. The van der Waals surface area contributed by atoms with E-state index in [1.54, 1.807) is 18.2 Å². The van der Waals surface area contributed by atoms with E-state index in [4.69, 9.17) is 16.3 Å². The van der Waals surface area contributed by atoms with E-state index in [0.29, 0.717) is 11.3 Å². The molecular weight excluding hydrogens is 276 g/mol. The van der Waals surface area contributed by atoms with E-state index in [2.05, 4.69) is 0 Å². The van der Waals surface area contributed by atoms with Gasteiger partial charge in [0.1, 0.15) is 11.9 Å². The maximum atomic E-state index is 10.8. The first-order valence-electron chi connectivity index (χ1n) is 5.29. The van der Waals surface area contributed by atoms with Crippen molar-refractivity contribution in [1.82, 2.24) is 0 Å². The summed E-state index contributed by atoms with van der Waals surface area (Å²) in [5.41, 5.74) is 0.382. The van der Waals surface area contributed by atoms with Crippen molar-refractivity contribution in [2.45, 2.75) is 19.1 Å². The third-order valence-corrected chi connectivity index (χ3v) is 3.67. The van der Waals surface area contributed by atoms with Gasteiger partial charge < -0.3 is 14.9 Å². The maximum Gasteiger partial charge on any atom is 0.185 e. The molecule has 2 atom stereocenters. The molecule has 0 aliphatic rings. The number of hydrogen-bond donors (Lipinski definition) is 2. The molecule has 1 aromatic rings. The fourth-order valence-corrected chi connectivity index (χ4v) is 2.32. The zero-order valence-corrected chi connectivity index (χ0v) is 11.7. The van der Waals surface area contributed by atoms with Crippen LogP contribution in [0, 0.1) is 0 Å². The molecule has 0 spiro atoms. The van der Waals surface area contributed by atoms with Crippen molar-refractivity contribution >= 4 is 28.5 Å². The Morgan fingerprint density at radius 1 is 1.50 bits per heavy atom. The number of aliphatic hydroxyl groups excluding tert-OH is 2. The van der Waals surface area contributed by atoms with E-state index >= 15 is 0 Å². The summed E-state index contributed by atoms with van der Waals surface area (Å²) in [6.07, 6.45) is -2.22. The predicted octanol–water partition coefficient (Wildman–Crippen LogP) is 2.02. The summed E-state index contributed by atoms with van der Waals surface area (Å²) < 4.78 is 5.03. The average Bonchev–Trinajstić information content (AvgIpc) is 2.35. The number of carbonyl (C=O) groups is 1. The number of benzene rings is 1. The highest BCUT2D eigenvalue weighted by atomic mass is 35.5. The lowest BCUT2D eigenvalue weighted by molar-refractivity contribution is -0.109. The van der Waals surface area contributed by atoms with Crippen molar-refractivity contribution in [2.24, 2.45) is 0 Å². The molecular formula is C12H15ClO4S. The lowest BCUT2D eigenvalue weighted by atomic mass is 10.1. The topological polar surface area (TPSA) is 66.8 Å². The van der Waals surface area contributed by atoms with Gasteiger partial charge in [0.2, 0.25) is 0 Å². The van der Waals surface area contributed by atoms with Crippen LogP contribution in [-0.4, -0.2) is 34.3 Å². The van der Waals surface area contributed by atoms with Gasteiger partial charge in [-0.3, -0.25) is 4.79 Å². The number of carbonyl (C=O) groups excluding carboxylic acids is 1. The summed E-state index contributed by atoms with van der Waals surface area (Å²) in [7, 11) is 1.47. The minimum Gasteiger partial charge on any atom is -0.495 e.